The van der Waals surface area contributed by atoms with Crippen molar-refractivity contribution in [2.24, 2.45) is 5.92 Å². The average molecular weight is 300 g/mol. The fourth-order valence-electron chi connectivity index (χ4n) is 3.63. The van der Waals surface area contributed by atoms with Crippen LogP contribution in [0.25, 0.3) is 0 Å². The van der Waals surface area contributed by atoms with Crippen molar-refractivity contribution in [1.82, 2.24) is 0 Å². The van der Waals surface area contributed by atoms with Gasteiger partial charge in [0.1, 0.15) is 0 Å². The molecule has 2 aliphatic heterocycles. The van der Waals surface area contributed by atoms with Crippen molar-refractivity contribution in [1.29, 1.82) is 0 Å². The summed E-state index contributed by atoms with van der Waals surface area (Å²) in [5.74, 6) is 0.481. The summed E-state index contributed by atoms with van der Waals surface area (Å²) in [5, 5.41) is 4.45. The van der Waals surface area contributed by atoms with Gasteiger partial charge in [-0.25, -0.2) is 0 Å². The minimum absolute atomic E-state index is 0.178. The van der Waals surface area contributed by atoms with Crippen LogP contribution in [0.4, 0.5) is 5.69 Å². The molecule has 0 saturated carbocycles. The Labute approximate surface area is 130 Å². The molecule has 2 heterocycles. The van der Waals surface area contributed by atoms with E-state index in [4.69, 9.17) is 16.3 Å². The van der Waals surface area contributed by atoms with Gasteiger partial charge < -0.3 is 10.1 Å². The van der Waals surface area contributed by atoms with E-state index in [2.05, 4.69) is 41.7 Å². The molecule has 21 heavy (non-hydrogen) atoms. The normalized spacial score (nSPS) is 27.4. The molecule has 3 atom stereocenters. The summed E-state index contributed by atoms with van der Waals surface area (Å²) in [6.07, 6.45) is 2.51. The van der Waals surface area contributed by atoms with Crippen LogP contribution in [-0.2, 0) is 4.74 Å². The van der Waals surface area contributed by atoms with Crippen LogP contribution >= 0.6 is 11.6 Å². The monoisotopic (exact) mass is 299 g/mol. The highest BCUT2D eigenvalue weighted by Crippen LogP contribution is 2.49. The summed E-state index contributed by atoms with van der Waals surface area (Å²) in [4.78, 5) is 0. The van der Waals surface area contributed by atoms with Crippen molar-refractivity contribution in [3.63, 3.8) is 0 Å². The van der Waals surface area contributed by atoms with Gasteiger partial charge in [-0.05, 0) is 30.5 Å². The molecule has 2 aliphatic rings. The molecule has 0 radical (unpaired) electrons. The zero-order valence-corrected chi connectivity index (χ0v) is 12.5. The largest absolute Gasteiger partial charge is 0.377 e. The third kappa shape index (κ3) is 2.33. The quantitative estimate of drug-likeness (QED) is 0.802. The maximum atomic E-state index is 6.16. The predicted molar refractivity (Wildman–Crippen MR) is 85.7 cm³/mol. The van der Waals surface area contributed by atoms with Gasteiger partial charge in [0, 0.05) is 28.8 Å². The van der Waals surface area contributed by atoms with E-state index in [9.17, 15) is 0 Å². The number of fused-ring (bicyclic) bond motifs is 3. The van der Waals surface area contributed by atoms with Crippen LogP contribution in [-0.4, -0.2) is 6.61 Å². The van der Waals surface area contributed by atoms with E-state index in [1.807, 2.05) is 12.1 Å². The van der Waals surface area contributed by atoms with Gasteiger partial charge in [0.2, 0.25) is 0 Å². The first kappa shape index (κ1) is 13.2. The summed E-state index contributed by atoms with van der Waals surface area (Å²) in [6, 6.07) is 17.0. The van der Waals surface area contributed by atoms with Gasteiger partial charge in [-0.2, -0.15) is 0 Å². The van der Waals surface area contributed by atoms with E-state index in [1.165, 1.54) is 17.5 Å². The van der Waals surface area contributed by atoms with E-state index < -0.39 is 0 Å². The number of rotatable bonds is 1. The highest BCUT2D eigenvalue weighted by molar-refractivity contribution is 6.30. The topological polar surface area (TPSA) is 21.3 Å². The van der Waals surface area contributed by atoms with Crippen molar-refractivity contribution in [3.8, 4) is 0 Å². The van der Waals surface area contributed by atoms with Gasteiger partial charge >= 0.3 is 0 Å². The lowest BCUT2D eigenvalue weighted by Crippen LogP contribution is -2.35. The molecule has 2 aromatic carbocycles. The van der Waals surface area contributed by atoms with E-state index in [0.717, 1.165) is 23.7 Å². The molecule has 0 aromatic heterocycles. The minimum atomic E-state index is 0.178. The molecular weight excluding hydrogens is 282 g/mol. The van der Waals surface area contributed by atoms with Gasteiger partial charge in [-0.15, -0.1) is 0 Å². The van der Waals surface area contributed by atoms with Crippen molar-refractivity contribution >= 4 is 17.3 Å². The molecule has 0 unspecified atom stereocenters. The molecule has 0 bridgehead atoms. The second kappa shape index (κ2) is 5.36. The number of hydrogen-bond donors (Lipinski definition) is 1. The van der Waals surface area contributed by atoms with E-state index in [1.54, 1.807) is 0 Å². The molecule has 1 saturated heterocycles. The molecule has 0 aliphatic carbocycles. The summed E-state index contributed by atoms with van der Waals surface area (Å²) in [6.45, 7) is 0.852. The Kier molecular flexibility index (Phi) is 3.36. The van der Waals surface area contributed by atoms with Crippen LogP contribution in [0.3, 0.4) is 0 Å². The number of anilines is 1. The Morgan fingerprint density at radius 2 is 1.95 bits per heavy atom. The van der Waals surface area contributed by atoms with Crippen molar-refractivity contribution in [3.05, 3.63) is 64.7 Å². The van der Waals surface area contributed by atoms with E-state index in [0.29, 0.717) is 12.0 Å². The number of halogens is 1. The fraction of sp³-hybridized carbons (Fsp3) is 0.333. The average Bonchev–Trinajstić information content (AvgIpc) is 2.54. The zero-order valence-electron chi connectivity index (χ0n) is 11.8. The molecule has 1 fully saturated rings. The number of nitrogens with one attached hydrogen (secondary N) is 1. The zero-order chi connectivity index (χ0) is 14.2. The van der Waals surface area contributed by atoms with Crippen LogP contribution < -0.4 is 5.32 Å². The molecule has 1 N–H and O–H groups in total. The molecule has 2 aromatic rings. The van der Waals surface area contributed by atoms with Crippen molar-refractivity contribution in [2.45, 2.75) is 25.0 Å². The fourth-order valence-corrected chi connectivity index (χ4v) is 3.81. The molecule has 108 valence electrons. The van der Waals surface area contributed by atoms with Crippen LogP contribution in [0.15, 0.2) is 48.5 Å². The van der Waals surface area contributed by atoms with E-state index >= 15 is 0 Å². The van der Waals surface area contributed by atoms with Crippen LogP contribution in [0.2, 0.25) is 5.02 Å². The molecule has 3 heteroatoms. The smallest absolute Gasteiger partial charge is 0.0895 e. The third-order valence-corrected chi connectivity index (χ3v) is 4.82. The van der Waals surface area contributed by atoms with Gasteiger partial charge in [0.25, 0.3) is 0 Å². The number of hydrogen-bond acceptors (Lipinski definition) is 2. The Morgan fingerprint density at radius 3 is 2.81 bits per heavy atom. The Morgan fingerprint density at radius 1 is 1.10 bits per heavy atom. The second-order valence-electron chi connectivity index (χ2n) is 5.86. The van der Waals surface area contributed by atoms with E-state index in [-0.39, 0.29) is 6.10 Å². The number of benzene rings is 2. The first-order valence-corrected chi connectivity index (χ1v) is 7.93. The van der Waals surface area contributed by atoms with Crippen molar-refractivity contribution < 1.29 is 4.74 Å². The summed E-state index contributed by atoms with van der Waals surface area (Å²) >= 11 is 6.16. The number of ether oxygens (including phenoxy) is 1. The van der Waals surface area contributed by atoms with Crippen LogP contribution in [0, 0.1) is 5.92 Å². The Balaban J connectivity index is 1.79. The minimum Gasteiger partial charge on any atom is -0.377 e. The lowest BCUT2D eigenvalue weighted by atomic mass is 9.77. The Hall–Kier alpha value is -1.51. The van der Waals surface area contributed by atoms with Gasteiger partial charge in [0.15, 0.2) is 0 Å². The second-order valence-corrected chi connectivity index (χ2v) is 6.30. The molecule has 2 nitrogen and oxygen atoms in total. The third-order valence-electron chi connectivity index (χ3n) is 4.59. The molecule has 4 rings (SSSR count). The van der Waals surface area contributed by atoms with Gasteiger partial charge in [0.05, 0.1) is 12.1 Å². The SMILES string of the molecule is Clc1ccc2c(c1)N[C@H](c1ccccc1)[C@@H]1CCCO[C@@H]21. The van der Waals surface area contributed by atoms with Gasteiger partial charge in [-0.3, -0.25) is 0 Å². The molecule has 0 spiro atoms. The summed E-state index contributed by atoms with van der Waals surface area (Å²) in [5.41, 5.74) is 3.68. The standard InChI is InChI=1S/C18H18ClNO/c19-13-8-9-14-16(11-13)20-17(12-5-2-1-3-6-12)15-7-4-10-21-18(14)15/h1-3,5-6,8-9,11,15,17-18,20H,4,7,10H2/t15-,17+,18-/m0/s1. The molecule has 0 amide bonds. The summed E-state index contributed by atoms with van der Waals surface area (Å²) in [7, 11) is 0. The van der Waals surface area contributed by atoms with Crippen LogP contribution in [0.1, 0.15) is 36.1 Å². The first-order valence-electron chi connectivity index (χ1n) is 7.55. The van der Waals surface area contributed by atoms with Crippen LogP contribution in [0.5, 0.6) is 0 Å². The highest BCUT2D eigenvalue weighted by atomic mass is 35.5. The highest BCUT2D eigenvalue weighted by Gasteiger charge is 2.39. The lowest BCUT2D eigenvalue weighted by molar-refractivity contribution is -0.0381. The summed E-state index contributed by atoms with van der Waals surface area (Å²) < 4.78 is 6.12. The maximum Gasteiger partial charge on any atom is 0.0895 e. The lowest BCUT2D eigenvalue weighted by Gasteiger charge is -2.43. The predicted octanol–water partition coefficient (Wildman–Crippen LogP) is 4.97. The van der Waals surface area contributed by atoms with Gasteiger partial charge in [-0.1, -0.05) is 48.0 Å². The maximum absolute atomic E-state index is 6.16. The van der Waals surface area contributed by atoms with Crippen molar-refractivity contribution in [2.75, 3.05) is 11.9 Å². The molecular formula is C18H18ClNO. The Bertz CT molecular complexity index is 643. The first-order chi connectivity index (χ1) is 10.3.